The lowest BCUT2D eigenvalue weighted by atomic mass is 10.1. The molecule has 2 aromatic rings. The summed E-state index contributed by atoms with van der Waals surface area (Å²) in [6.07, 6.45) is 1.94. The highest BCUT2D eigenvalue weighted by atomic mass is 35.5. The van der Waals surface area contributed by atoms with E-state index in [-0.39, 0.29) is 16.7 Å². The van der Waals surface area contributed by atoms with Crippen LogP contribution in [0.3, 0.4) is 0 Å². The lowest BCUT2D eigenvalue weighted by molar-refractivity contribution is 0.356. The smallest absolute Gasteiger partial charge is 0.271 e. The lowest BCUT2D eigenvalue weighted by Gasteiger charge is -2.17. The minimum Gasteiger partial charge on any atom is -0.271 e. The third kappa shape index (κ3) is 1.91. The molecule has 2 heterocycles. The van der Waals surface area contributed by atoms with Gasteiger partial charge in [-0.25, -0.2) is 9.07 Å². The number of hydrogen-bond acceptors (Lipinski definition) is 1. The summed E-state index contributed by atoms with van der Waals surface area (Å²) in [5.74, 6) is -0.400. The van der Waals surface area contributed by atoms with Crippen molar-refractivity contribution in [2.75, 3.05) is 0 Å². The van der Waals surface area contributed by atoms with E-state index in [1.165, 1.54) is 6.07 Å². The Kier molecular flexibility index (Phi) is 2.97. The maximum atomic E-state index is 14.0. The van der Waals surface area contributed by atoms with Gasteiger partial charge in [0.05, 0.1) is 5.56 Å². The normalized spacial score (nSPS) is 14.5. The van der Waals surface area contributed by atoms with E-state index in [1.807, 2.05) is 6.92 Å². The zero-order valence-corrected chi connectivity index (χ0v) is 11.4. The van der Waals surface area contributed by atoms with Crippen molar-refractivity contribution in [1.82, 2.24) is 9.36 Å². The van der Waals surface area contributed by atoms with Gasteiger partial charge in [0, 0.05) is 18.7 Å². The van der Waals surface area contributed by atoms with Crippen LogP contribution in [0.2, 0.25) is 5.15 Å². The highest BCUT2D eigenvalue weighted by Gasteiger charge is 2.23. The molecule has 0 fully saturated rings. The largest absolute Gasteiger partial charge is 0.276 e. The molecule has 1 aromatic heterocycles. The van der Waals surface area contributed by atoms with Crippen molar-refractivity contribution < 1.29 is 4.39 Å². The fourth-order valence-electron chi connectivity index (χ4n) is 2.58. The molecule has 0 atom stereocenters. The quantitative estimate of drug-likeness (QED) is 0.788. The summed E-state index contributed by atoms with van der Waals surface area (Å²) in [5.41, 5.74) is 1.19. The highest BCUT2D eigenvalue weighted by Crippen LogP contribution is 2.29. The molecular formula is C14H14ClFN2O. The van der Waals surface area contributed by atoms with E-state index in [2.05, 4.69) is 0 Å². The number of benzene rings is 1. The molecule has 19 heavy (non-hydrogen) atoms. The molecular weight excluding hydrogens is 267 g/mol. The third-order valence-electron chi connectivity index (χ3n) is 3.56. The monoisotopic (exact) mass is 280 g/mol. The lowest BCUT2D eigenvalue weighted by Crippen LogP contribution is -2.27. The minimum absolute atomic E-state index is 0.201. The molecule has 0 aliphatic carbocycles. The number of fused-ring (bicyclic) bond motifs is 1. The van der Waals surface area contributed by atoms with Gasteiger partial charge in [0.1, 0.15) is 11.0 Å². The van der Waals surface area contributed by atoms with Crippen molar-refractivity contribution in [3.63, 3.8) is 0 Å². The molecule has 0 unspecified atom stereocenters. The third-order valence-corrected chi connectivity index (χ3v) is 3.94. The second-order valence-electron chi connectivity index (χ2n) is 4.91. The highest BCUT2D eigenvalue weighted by molar-refractivity contribution is 6.32. The number of rotatable bonds is 1. The number of nitrogens with zero attached hydrogens (tertiary/aromatic N) is 2. The van der Waals surface area contributed by atoms with Crippen molar-refractivity contribution in [1.29, 1.82) is 0 Å². The number of hydrogen-bond donors (Lipinski definition) is 0. The van der Waals surface area contributed by atoms with Crippen LogP contribution in [0.4, 0.5) is 4.39 Å². The first kappa shape index (κ1) is 12.5. The van der Waals surface area contributed by atoms with E-state index in [1.54, 1.807) is 21.5 Å². The Morgan fingerprint density at radius 2 is 1.89 bits per heavy atom. The van der Waals surface area contributed by atoms with Crippen LogP contribution in [0.1, 0.15) is 18.4 Å². The molecule has 1 aromatic carbocycles. The van der Waals surface area contributed by atoms with Gasteiger partial charge in [-0.3, -0.25) is 9.48 Å². The van der Waals surface area contributed by atoms with Crippen LogP contribution < -0.4 is 5.56 Å². The van der Waals surface area contributed by atoms with Crippen LogP contribution in [-0.4, -0.2) is 9.36 Å². The molecule has 0 radical (unpaired) electrons. The summed E-state index contributed by atoms with van der Waals surface area (Å²) < 4.78 is 17.4. The Morgan fingerprint density at radius 1 is 1.21 bits per heavy atom. The average Bonchev–Trinajstić information content (AvgIpc) is 2.64. The van der Waals surface area contributed by atoms with Crippen molar-refractivity contribution >= 4 is 11.6 Å². The van der Waals surface area contributed by atoms with Gasteiger partial charge in [0.15, 0.2) is 0 Å². The van der Waals surface area contributed by atoms with Crippen molar-refractivity contribution in [2.45, 2.75) is 32.9 Å². The predicted octanol–water partition coefficient (Wildman–Crippen LogP) is 3.21. The molecule has 0 bridgehead atoms. The Labute approximate surface area is 115 Å². The summed E-state index contributed by atoms with van der Waals surface area (Å²) in [6.45, 7) is 3.17. The number of aryl methyl sites for hydroxylation is 1. The summed E-state index contributed by atoms with van der Waals surface area (Å²) >= 11 is 6.27. The van der Waals surface area contributed by atoms with Crippen molar-refractivity contribution in [3.05, 3.63) is 45.1 Å². The topological polar surface area (TPSA) is 26.9 Å². The van der Waals surface area contributed by atoms with Crippen LogP contribution >= 0.6 is 11.6 Å². The van der Waals surface area contributed by atoms with E-state index in [4.69, 9.17) is 11.6 Å². The zero-order valence-electron chi connectivity index (χ0n) is 10.6. The van der Waals surface area contributed by atoms with Crippen LogP contribution in [0.25, 0.3) is 11.1 Å². The van der Waals surface area contributed by atoms with Gasteiger partial charge in [-0.1, -0.05) is 23.7 Å². The van der Waals surface area contributed by atoms with Gasteiger partial charge in [-0.15, -0.1) is 0 Å². The number of halogens is 2. The van der Waals surface area contributed by atoms with E-state index >= 15 is 0 Å². The molecule has 100 valence electrons. The van der Waals surface area contributed by atoms with Crippen molar-refractivity contribution in [3.8, 4) is 11.1 Å². The van der Waals surface area contributed by atoms with E-state index in [0.29, 0.717) is 18.2 Å². The average molecular weight is 281 g/mol. The molecule has 0 amide bonds. The Balaban J connectivity index is 2.26. The number of aromatic nitrogens is 2. The standard InChI is InChI=1S/C14H14ClFN2O/c1-9-4-5-10(11(16)8-9)12-13(15)17-6-2-3-7-18(17)14(12)19/h4-5,8H,2-3,6-7H2,1H3. The van der Waals surface area contributed by atoms with Crippen molar-refractivity contribution in [2.24, 2.45) is 0 Å². The Morgan fingerprint density at radius 3 is 2.53 bits per heavy atom. The second-order valence-corrected chi connectivity index (χ2v) is 5.27. The minimum atomic E-state index is -0.400. The fourth-order valence-corrected chi connectivity index (χ4v) is 2.93. The molecule has 1 aliphatic rings. The molecule has 0 saturated heterocycles. The summed E-state index contributed by atoms with van der Waals surface area (Å²) in [4.78, 5) is 12.4. The first-order valence-corrected chi connectivity index (χ1v) is 6.73. The molecule has 1 aliphatic heterocycles. The van der Waals surface area contributed by atoms with Gasteiger partial charge in [0.2, 0.25) is 0 Å². The summed E-state index contributed by atoms with van der Waals surface area (Å²) in [7, 11) is 0. The Bertz CT molecular complexity index is 702. The van der Waals surface area contributed by atoms with Crippen LogP contribution in [-0.2, 0) is 13.1 Å². The maximum Gasteiger partial charge on any atom is 0.276 e. The first-order valence-electron chi connectivity index (χ1n) is 6.35. The summed E-state index contributed by atoms with van der Waals surface area (Å²) in [5, 5.41) is 0.340. The van der Waals surface area contributed by atoms with Crippen LogP contribution in [0.5, 0.6) is 0 Å². The molecule has 3 rings (SSSR count). The van der Waals surface area contributed by atoms with Gasteiger partial charge in [-0.05, 0) is 31.4 Å². The predicted molar refractivity (Wildman–Crippen MR) is 73.1 cm³/mol. The Hall–Kier alpha value is -1.55. The molecule has 0 N–H and O–H groups in total. The van der Waals surface area contributed by atoms with Gasteiger partial charge < -0.3 is 0 Å². The van der Waals surface area contributed by atoms with E-state index < -0.39 is 5.82 Å². The first-order chi connectivity index (χ1) is 9.09. The zero-order chi connectivity index (χ0) is 13.6. The SMILES string of the molecule is Cc1ccc(-c2c(Cl)n3n(c2=O)CCCC3)c(F)c1. The van der Waals surface area contributed by atoms with Gasteiger partial charge >= 0.3 is 0 Å². The fraction of sp³-hybridized carbons (Fsp3) is 0.357. The van der Waals surface area contributed by atoms with Gasteiger partial charge in [0.25, 0.3) is 5.56 Å². The van der Waals surface area contributed by atoms with Crippen LogP contribution in [0, 0.1) is 12.7 Å². The second kappa shape index (κ2) is 4.53. The molecule has 5 heteroatoms. The van der Waals surface area contributed by atoms with E-state index in [0.717, 1.165) is 18.4 Å². The molecule has 3 nitrogen and oxygen atoms in total. The maximum absolute atomic E-state index is 14.0. The van der Waals surface area contributed by atoms with Crippen LogP contribution in [0.15, 0.2) is 23.0 Å². The summed E-state index contributed by atoms with van der Waals surface area (Å²) in [6, 6.07) is 4.84. The van der Waals surface area contributed by atoms with E-state index in [9.17, 15) is 9.18 Å². The molecule has 0 spiro atoms. The molecule has 0 saturated carbocycles. The van der Waals surface area contributed by atoms with Gasteiger partial charge in [-0.2, -0.15) is 0 Å².